The minimum atomic E-state index is 0.458. The summed E-state index contributed by atoms with van der Waals surface area (Å²) in [6.07, 6.45) is 10.3. The van der Waals surface area contributed by atoms with Crippen molar-refractivity contribution in [2.45, 2.75) is 38.5 Å². The topological polar surface area (TPSA) is 0 Å². The minimum absolute atomic E-state index is 0.458. The maximum absolute atomic E-state index is 4.29. The lowest BCUT2D eigenvalue weighted by Crippen LogP contribution is -2.21. The zero-order valence-corrected chi connectivity index (χ0v) is 8.08. The number of hydrogen-bond acceptors (Lipinski definition) is 1. The van der Waals surface area contributed by atoms with Crippen molar-refractivity contribution in [2.75, 3.05) is 5.75 Å². The van der Waals surface area contributed by atoms with Gasteiger partial charge >= 0.3 is 0 Å². The van der Waals surface area contributed by atoms with E-state index in [0.717, 1.165) is 5.75 Å². The molecule has 0 spiro atoms. The number of rotatable bonds is 3. The van der Waals surface area contributed by atoms with Gasteiger partial charge in [-0.15, -0.1) is 6.58 Å². The fourth-order valence-corrected chi connectivity index (χ4v) is 2.48. The van der Waals surface area contributed by atoms with E-state index in [4.69, 9.17) is 0 Å². The Hall–Kier alpha value is 0.0900. The zero-order valence-electron chi connectivity index (χ0n) is 7.18. The molecule has 0 aromatic rings. The number of thiol groups is 1. The van der Waals surface area contributed by atoms with E-state index in [1.807, 2.05) is 0 Å². The first-order valence-corrected chi connectivity index (χ1v) is 5.21. The van der Waals surface area contributed by atoms with Crippen LogP contribution < -0.4 is 0 Å². The third kappa shape index (κ3) is 2.26. The summed E-state index contributed by atoms with van der Waals surface area (Å²) in [7, 11) is 0. The highest BCUT2D eigenvalue weighted by atomic mass is 32.1. The molecule has 1 heteroatoms. The van der Waals surface area contributed by atoms with Gasteiger partial charge in [0.2, 0.25) is 0 Å². The Bertz CT molecular complexity index is 117. The second kappa shape index (κ2) is 4.20. The molecule has 0 radical (unpaired) electrons. The second-order valence-electron chi connectivity index (χ2n) is 3.60. The van der Waals surface area contributed by atoms with Gasteiger partial charge in [0.1, 0.15) is 0 Å². The predicted molar refractivity (Wildman–Crippen MR) is 54.2 cm³/mol. The van der Waals surface area contributed by atoms with Crippen LogP contribution in [0.5, 0.6) is 0 Å². The van der Waals surface area contributed by atoms with Gasteiger partial charge in [-0.2, -0.15) is 12.6 Å². The first-order chi connectivity index (χ1) is 5.33. The van der Waals surface area contributed by atoms with E-state index in [9.17, 15) is 0 Å². The normalized spacial score (nSPS) is 23.0. The van der Waals surface area contributed by atoms with Crippen molar-refractivity contribution in [3.63, 3.8) is 0 Å². The average molecular weight is 170 g/mol. The van der Waals surface area contributed by atoms with Gasteiger partial charge in [0.25, 0.3) is 0 Å². The fraction of sp³-hybridized carbons (Fsp3) is 0.800. The Morgan fingerprint density at radius 1 is 1.27 bits per heavy atom. The van der Waals surface area contributed by atoms with E-state index in [2.05, 4.69) is 25.3 Å². The number of hydrogen-bond donors (Lipinski definition) is 1. The first kappa shape index (κ1) is 9.18. The largest absolute Gasteiger partial charge is 0.179 e. The van der Waals surface area contributed by atoms with Crippen LogP contribution in [-0.4, -0.2) is 5.75 Å². The van der Waals surface area contributed by atoms with Crippen molar-refractivity contribution in [3.05, 3.63) is 12.7 Å². The summed E-state index contributed by atoms with van der Waals surface area (Å²) >= 11 is 4.29. The monoisotopic (exact) mass is 170 g/mol. The first-order valence-electron chi connectivity index (χ1n) is 4.57. The summed E-state index contributed by atoms with van der Waals surface area (Å²) in [5.74, 6) is 1.01. The van der Waals surface area contributed by atoms with Gasteiger partial charge in [-0.25, -0.2) is 0 Å². The molecule has 1 aliphatic carbocycles. The Morgan fingerprint density at radius 3 is 2.36 bits per heavy atom. The Labute approximate surface area is 75.5 Å². The lowest BCUT2D eigenvalue weighted by atomic mass is 9.72. The van der Waals surface area contributed by atoms with Crippen LogP contribution in [0.2, 0.25) is 0 Å². The Morgan fingerprint density at radius 2 is 1.91 bits per heavy atom. The molecule has 11 heavy (non-hydrogen) atoms. The molecule has 1 aliphatic rings. The van der Waals surface area contributed by atoms with E-state index < -0.39 is 0 Å². The smallest absolute Gasteiger partial charge is 0.00896 e. The van der Waals surface area contributed by atoms with Crippen LogP contribution in [0.15, 0.2) is 12.7 Å². The summed E-state index contributed by atoms with van der Waals surface area (Å²) in [5, 5.41) is 0. The molecule has 0 saturated heterocycles. The van der Waals surface area contributed by atoms with Crippen molar-refractivity contribution < 1.29 is 0 Å². The highest BCUT2D eigenvalue weighted by Gasteiger charge is 2.27. The molecule has 1 saturated carbocycles. The molecular formula is C10H18S. The number of allylic oxidation sites excluding steroid dienone is 1. The van der Waals surface area contributed by atoms with E-state index in [-0.39, 0.29) is 0 Å². The highest BCUT2D eigenvalue weighted by Crippen LogP contribution is 2.40. The van der Waals surface area contributed by atoms with E-state index in [1.54, 1.807) is 0 Å². The second-order valence-corrected chi connectivity index (χ2v) is 4.05. The van der Waals surface area contributed by atoms with Gasteiger partial charge in [-0.3, -0.25) is 0 Å². The molecule has 64 valence electrons. The van der Waals surface area contributed by atoms with Crippen molar-refractivity contribution in [2.24, 2.45) is 5.41 Å². The Balaban J connectivity index is 2.49. The SMILES string of the molecule is C=CC1(CCS)CCCCC1. The van der Waals surface area contributed by atoms with Gasteiger partial charge < -0.3 is 0 Å². The highest BCUT2D eigenvalue weighted by molar-refractivity contribution is 7.80. The van der Waals surface area contributed by atoms with Crippen LogP contribution in [0.1, 0.15) is 38.5 Å². The molecule has 0 heterocycles. The van der Waals surface area contributed by atoms with Gasteiger partial charge in [0.05, 0.1) is 0 Å². The van der Waals surface area contributed by atoms with Crippen LogP contribution in [0.3, 0.4) is 0 Å². The molecule has 0 N–H and O–H groups in total. The summed E-state index contributed by atoms with van der Waals surface area (Å²) in [6.45, 7) is 3.94. The third-order valence-corrected chi connectivity index (χ3v) is 3.12. The van der Waals surface area contributed by atoms with Crippen LogP contribution in [0, 0.1) is 5.41 Å². The van der Waals surface area contributed by atoms with Crippen molar-refractivity contribution in [3.8, 4) is 0 Å². The lowest BCUT2D eigenvalue weighted by Gasteiger charge is -2.33. The van der Waals surface area contributed by atoms with E-state index in [1.165, 1.54) is 38.5 Å². The van der Waals surface area contributed by atoms with Gasteiger partial charge in [-0.1, -0.05) is 25.3 Å². The quantitative estimate of drug-likeness (QED) is 0.487. The summed E-state index contributed by atoms with van der Waals surface area (Å²) in [4.78, 5) is 0. The maximum atomic E-state index is 4.29. The predicted octanol–water partition coefficient (Wildman–Crippen LogP) is 3.44. The van der Waals surface area contributed by atoms with Crippen LogP contribution >= 0.6 is 12.6 Å². The van der Waals surface area contributed by atoms with Crippen LogP contribution in [0.25, 0.3) is 0 Å². The molecule has 0 aromatic carbocycles. The van der Waals surface area contributed by atoms with Crippen molar-refractivity contribution >= 4 is 12.6 Å². The molecule has 0 aliphatic heterocycles. The summed E-state index contributed by atoms with van der Waals surface area (Å²) in [5.41, 5.74) is 0.458. The lowest BCUT2D eigenvalue weighted by molar-refractivity contribution is 0.251. The Kier molecular flexibility index (Phi) is 3.50. The molecule has 1 rings (SSSR count). The van der Waals surface area contributed by atoms with Crippen molar-refractivity contribution in [1.82, 2.24) is 0 Å². The molecule has 1 fully saturated rings. The standard InChI is InChI=1S/C10H18S/c1-2-10(8-9-11)6-4-3-5-7-10/h2,11H,1,3-9H2. The summed E-state index contributed by atoms with van der Waals surface area (Å²) < 4.78 is 0. The van der Waals surface area contributed by atoms with Crippen LogP contribution in [-0.2, 0) is 0 Å². The zero-order chi connectivity index (χ0) is 8.16. The fourth-order valence-electron chi connectivity index (χ4n) is 2.03. The molecule has 0 aromatic heterocycles. The summed E-state index contributed by atoms with van der Waals surface area (Å²) in [6, 6.07) is 0. The van der Waals surface area contributed by atoms with Gasteiger partial charge in [0.15, 0.2) is 0 Å². The van der Waals surface area contributed by atoms with Crippen molar-refractivity contribution in [1.29, 1.82) is 0 Å². The molecular weight excluding hydrogens is 152 g/mol. The molecule has 0 nitrogen and oxygen atoms in total. The van der Waals surface area contributed by atoms with E-state index >= 15 is 0 Å². The van der Waals surface area contributed by atoms with E-state index in [0.29, 0.717) is 5.41 Å². The van der Waals surface area contributed by atoms with Gasteiger partial charge in [0, 0.05) is 0 Å². The third-order valence-electron chi connectivity index (χ3n) is 2.89. The molecule has 0 unspecified atom stereocenters. The molecule has 0 bridgehead atoms. The average Bonchev–Trinajstić information content (AvgIpc) is 2.07. The van der Waals surface area contributed by atoms with Gasteiger partial charge in [-0.05, 0) is 30.4 Å². The maximum Gasteiger partial charge on any atom is -0.00896 e. The van der Waals surface area contributed by atoms with Crippen LogP contribution in [0.4, 0.5) is 0 Å². The molecule has 0 amide bonds. The minimum Gasteiger partial charge on any atom is -0.179 e. The molecule has 0 atom stereocenters.